The molecule has 2 aliphatic rings. The molecule has 6 rings (SSSR count). The Labute approximate surface area is 173 Å². The number of fused-ring (bicyclic) bond motifs is 2. The fourth-order valence-corrected chi connectivity index (χ4v) is 4.53. The van der Waals surface area contributed by atoms with E-state index in [-0.39, 0.29) is 5.69 Å². The van der Waals surface area contributed by atoms with Crippen LogP contribution in [-0.4, -0.2) is 43.1 Å². The van der Waals surface area contributed by atoms with Crippen molar-refractivity contribution in [2.24, 2.45) is 0 Å². The largest absolute Gasteiger partial charge is 0.348 e. The third kappa shape index (κ3) is 3.63. The second-order valence-electron chi connectivity index (χ2n) is 7.47. The van der Waals surface area contributed by atoms with Gasteiger partial charge in [-0.2, -0.15) is 16.3 Å². The monoisotopic (exact) mass is 405 g/mol. The number of imidazole rings is 1. The van der Waals surface area contributed by atoms with Crippen LogP contribution in [0.5, 0.6) is 0 Å². The van der Waals surface area contributed by atoms with Crippen molar-refractivity contribution >= 4 is 22.4 Å². The molecule has 0 saturated carbocycles. The van der Waals surface area contributed by atoms with Crippen LogP contribution in [0.2, 0.25) is 0 Å². The zero-order valence-corrected chi connectivity index (χ0v) is 17.2. The van der Waals surface area contributed by atoms with Crippen LogP contribution in [0, 0.1) is 0 Å². The lowest BCUT2D eigenvalue weighted by Gasteiger charge is -2.05. The molecule has 2 atom stereocenters. The van der Waals surface area contributed by atoms with Crippen molar-refractivity contribution in [3.8, 4) is 16.9 Å². The van der Waals surface area contributed by atoms with Gasteiger partial charge in [0.1, 0.15) is 6.33 Å². The maximum Gasteiger partial charge on any atom is 0.348 e. The first-order chi connectivity index (χ1) is 14.2. The zero-order chi connectivity index (χ0) is 19.8. The van der Waals surface area contributed by atoms with Gasteiger partial charge in [-0.1, -0.05) is 6.07 Å². The van der Waals surface area contributed by atoms with E-state index in [1.807, 2.05) is 42.9 Å². The molecule has 0 amide bonds. The molecule has 29 heavy (non-hydrogen) atoms. The summed E-state index contributed by atoms with van der Waals surface area (Å²) >= 11 is 1.66. The van der Waals surface area contributed by atoms with Crippen LogP contribution in [0.1, 0.15) is 19.8 Å². The van der Waals surface area contributed by atoms with Gasteiger partial charge in [0, 0.05) is 36.3 Å². The first-order valence-electron chi connectivity index (χ1n) is 10.0. The molecule has 1 aromatic carbocycles. The van der Waals surface area contributed by atoms with Crippen molar-refractivity contribution in [3.63, 3.8) is 0 Å². The molecule has 0 aliphatic carbocycles. The van der Waals surface area contributed by atoms with Crippen molar-refractivity contribution in [1.82, 2.24) is 24.0 Å². The molecule has 0 bridgehead atoms. The van der Waals surface area contributed by atoms with Gasteiger partial charge in [-0.25, -0.2) is 9.78 Å². The van der Waals surface area contributed by atoms with Gasteiger partial charge in [-0.15, -0.1) is 0 Å². The molecule has 6 nitrogen and oxygen atoms in total. The summed E-state index contributed by atoms with van der Waals surface area (Å²) in [6, 6.07) is 10.9. The Morgan fingerprint density at radius 1 is 1.24 bits per heavy atom. The molecule has 2 unspecified atom stereocenters. The number of hydrogen-bond donors (Lipinski definition) is 0. The SMILES string of the molecule is C1CC2CN2C1.CCn1ccc(-c2ccc3c(c2)ncn3-c2ccsc2)nc1=O. The van der Waals surface area contributed by atoms with E-state index in [0.717, 1.165) is 28.3 Å². The van der Waals surface area contributed by atoms with Crippen LogP contribution < -0.4 is 5.69 Å². The molecular formula is C22H23N5OS. The van der Waals surface area contributed by atoms with E-state index < -0.39 is 0 Å². The fraction of sp³-hybridized carbons (Fsp3) is 0.318. The Kier molecular flexibility index (Phi) is 4.77. The Morgan fingerprint density at radius 3 is 2.79 bits per heavy atom. The van der Waals surface area contributed by atoms with Gasteiger partial charge in [0.05, 0.1) is 22.4 Å². The molecule has 2 aliphatic heterocycles. The number of piperidine rings is 1. The number of benzene rings is 1. The lowest BCUT2D eigenvalue weighted by atomic mass is 10.1. The average Bonchev–Trinajstić information content (AvgIpc) is 3.20. The van der Waals surface area contributed by atoms with Crippen LogP contribution in [0.25, 0.3) is 28.0 Å². The lowest BCUT2D eigenvalue weighted by molar-refractivity contribution is 0.593. The van der Waals surface area contributed by atoms with Gasteiger partial charge in [-0.3, -0.25) is 14.0 Å². The van der Waals surface area contributed by atoms with E-state index in [9.17, 15) is 4.79 Å². The minimum Gasteiger partial charge on any atom is -0.299 e. The van der Waals surface area contributed by atoms with Crippen molar-refractivity contribution < 1.29 is 0 Å². The van der Waals surface area contributed by atoms with E-state index in [1.54, 1.807) is 22.1 Å². The van der Waals surface area contributed by atoms with Gasteiger partial charge < -0.3 is 0 Å². The lowest BCUT2D eigenvalue weighted by Crippen LogP contribution is -2.21. The molecule has 2 fully saturated rings. The highest BCUT2D eigenvalue weighted by atomic mass is 32.1. The molecule has 0 spiro atoms. The predicted octanol–water partition coefficient (Wildman–Crippen LogP) is 3.80. The van der Waals surface area contributed by atoms with Gasteiger partial charge >= 0.3 is 5.69 Å². The molecule has 3 aromatic heterocycles. The summed E-state index contributed by atoms with van der Waals surface area (Å²) in [5.74, 6) is 0. The van der Waals surface area contributed by atoms with E-state index in [4.69, 9.17) is 0 Å². The van der Waals surface area contributed by atoms with Crippen LogP contribution in [-0.2, 0) is 6.54 Å². The summed E-state index contributed by atoms with van der Waals surface area (Å²) < 4.78 is 3.63. The molecule has 4 aromatic rings. The second-order valence-corrected chi connectivity index (χ2v) is 8.25. The van der Waals surface area contributed by atoms with Gasteiger partial charge in [0.15, 0.2) is 0 Å². The normalized spacial score (nSPS) is 19.6. The third-order valence-corrected chi connectivity index (χ3v) is 6.32. The molecule has 5 heterocycles. The molecule has 0 radical (unpaired) electrons. The zero-order valence-electron chi connectivity index (χ0n) is 16.4. The third-order valence-electron chi connectivity index (χ3n) is 5.65. The number of aromatic nitrogens is 4. The number of hydrogen-bond acceptors (Lipinski definition) is 5. The van der Waals surface area contributed by atoms with Gasteiger partial charge in [0.25, 0.3) is 0 Å². The molecule has 0 N–H and O–H groups in total. The van der Waals surface area contributed by atoms with Crippen molar-refractivity contribution in [2.45, 2.75) is 32.4 Å². The number of rotatable bonds is 3. The number of nitrogens with zero attached hydrogens (tertiary/aromatic N) is 5. The first kappa shape index (κ1) is 18.3. The second kappa shape index (κ2) is 7.57. The standard InChI is InChI=1S/C17H14N4OS.C5H9N/c1-2-20-7-5-14(19-17(20)22)12-3-4-16-15(9-12)18-11-21(16)13-6-8-23-10-13;1-2-5-4-6(5)3-1/h3-11H,2H2,1H3;5H,1-4H2. The highest BCUT2D eigenvalue weighted by molar-refractivity contribution is 7.08. The summed E-state index contributed by atoms with van der Waals surface area (Å²) in [4.78, 5) is 23.1. The molecule has 7 heteroatoms. The van der Waals surface area contributed by atoms with Crippen molar-refractivity contribution in [3.05, 3.63) is 64.1 Å². The summed E-state index contributed by atoms with van der Waals surface area (Å²) in [6.45, 7) is 5.35. The van der Waals surface area contributed by atoms with Crippen molar-refractivity contribution in [1.29, 1.82) is 0 Å². The topological polar surface area (TPSA) is 55.7 Å². The van der Waals surface area contributed by atoms with E-state index in [1.165, 1.54) is 25.9 Å². The smallest absolute Gasteiger partial charge is 0.299 e. The van der Waals surface area contributed by atoms with Crippen molar-refractivity contribution in [2.75, 3.05) is 13.1 Å². The Balaban J connectivity index is 0.000000255. The Morgan fingerprint density at radius 2 is 2.17 bits per heavy atom. The summed E-state index contributed by atoms with van der Waals surface area (Å²) in [6.07, 6.45) is 6.54. The maximum atomic E-state index is 11.9. The van der Waals surface area contributed by atoms with Crippen LogP contribution >= 0.6 is 11.3 Å². The maximum absolute atomic E-state index is 11.9. The van der Waals surface area contributed by atoms with E-state index in [0.29, 0.717) is 12.2 Å². The predicted molar refractivity (Wildman–Crippen MR) is 117 cm³/mol. The van der Waals surface area contributed by atoms with E-state index >= 15 is 0 Å². The van der Waals surface area contributed by atoms with Gasteiger partial charge in [0.2, 0.25) is 0 Å². The first-order valence-corrected chi connectivity index (χ1v) is 11.0. The quantitative estimate of drug-likeness (QED) is 0.487. The average molecular weight is 406 g/mol. The van der Waals surface area contributed by atoms with E-state index in [2.05, 4.69) is 30.9 Å². The highest BCUT2D eigenvalue weighted by Gasteiger charge is 2.37. The van der Waals surface area contributed by atoms with Gasteiger partial charge in [-0.05, 0) is 56.0 Å². The molecule has 148 valence electrons. The summed E-state index contributed by atoms with van der Waals surface area (Å²) in [5.41, 5.74) is 4.37. The highest BCUT2D eigenvalue weighted by Crippen LogP contribution is 2.29. The minimum atomic E-state index is -0.228. The number of thiophene rings is 1. The molecule has 2 saturated heterocycles. The Bertz CT molecular complexity index is 1190. The van der Waals surface area contributed by atoms with Crippen LogP contribution in [0.15, 0.2) is 58.4 Å². The van der Waals surface area contributed by atoms with Crippen LogP contribution in [0.4, 0.5) is 0 Å². The summed E-state index contributed by atoms with van der Waals surface area (Å²) in [7, 11) is 0. The number of aryl methyl sites for hydroxylation is 1. The minimum absolute atomic E-state index is 0.228. The summed E-state index contributed by atoms with van der Waals surface area (Å²) in [5, 5.41) is 4.13. The Hall–Kier alpha value is -2.77. The van der Waals surface area contributed by atoms with Crippen LogP contribution in [0.3, 0.4) is 0 Å². The fourth-order valence-electron chi connectivity index (χ4n) is 3.90. The molecular weight excluding hydrogens is 382 g/mol.